The summed E-state index contributed by atoms with van der Waals surface area (Å²) < 4.78 is 5.90. The van der Waals surface area contributed by atoms with Crippen molar-refractivity contribution in [2.24, 2.45) is 5.41 Å². The Morgan fingerprint density at radius 3 is 2.27 bits per heavy atom. The van der Waals surface area contributed by atoms with Crippen LogP contribution in [-0.4, -0.2) is 25.4 Å². The highest BCUT2D eigenvalue weighted by Gasteiger charge is 2.21. The lowest BCUT2D eigenvalue weighted by atomic mass is 9.96. The molecule has 0 saturated carbocycles. The van der Waals surface area contributed by atoms with Gasteiger partial charge in [-0.2, -0.15) is 0 Å². The first-order chi connectivity index (χ1) is 12.3. The molecule has 0 aliphatic rings. The van der Waals surface area contributed by atoms with E-state index in [9.17, 15) is 9.59 Å². The summed E-state index contributed by atoms with van der Waals surface area (Å²) >= 11 is 0. The van der Waals surface area contributed by atoms with E-state index in [0.29, 0.717) is 23.7 Å². The summed E-state index contributed by atoms with van der Waals surface area (Å²) in [6, 6.07) is 16.8. The second-order valence-electron chi connectivity index (χ2n) is 7.09. The summed E-state index contributed by atoms with van der Waals surface area (Å²) in [5, 5.41) is 2.80. The minimum absolute atomic E-state index is 0.0687. The predicted octanol–water partition coefficient (Wildman–Crippen LogP) is 3.99. The van der Waals surface area contributed by atoms with Gasteiger partial charge in [0.25, 0.3) is 0 Å². The summed E-state index contributed by atoms with van der Waals surface area (Å²) in [5.41, 5.74) is 0.217. The normalized spacial score (nSPS) is 10.9. The molecule has 26 heavy (non-hydrogen) atoms. The van der Waals surface area contributed by atoms with Gasteiger partial charge in [-0.1, -0.05) is 51.1 Å². The van der Waals surface area contributed by atoms with Crippen molar-refractivity contribution in [1.29, 1.82) is 0 Å². The molecule has 0 aromatic heterocycles. The molecule has 0 unspecified atom stereocenters. The molecule has 2 aromatic rings. The van der Waals surface area contributed by atoms with Crippen molar-refractivity contribution in [3.05, 3.63) is 54.6 Å². The molecule has 2 rings (SSSR count). The molecular formula is C21H26N2O3. The van der Waals surface area contributed by atoms with Crippen LogP contribution in [0, 0.1) is 5.41 Å². The molecule has 2 amide bonds. The molecule has 0 fully saturated rings. The Balaban J connectivity index is 2.01. The van der Waals surface area contributed by atoms with E-state index in [-0.39, 0.29) is 18.2 Å². The SMILES string of the molecule is CN(C(=O)CCNC(=O)C(C)(C)C)c1ccccc1Oc1ccccc1. The molecule has 2 aromatic carbocycles. The van der Waals surface area contributed by atoms with E-state index in [1.54, 1.807) is 11.9 Å². The van der Waals surface area contributed by atoms with Crippen LogP contribution in [0.1, 0.15) is 27.2 Å². The van der Waals surface area contributed by atoms with Gasteiger partial charge >= 0.3 is 0 Å². The van der Waals surface area contributed by atoms with Crippen LogP contribution in [0.4, 0.5) is 5.69 Å². The van der Waals surface area contributed by atoms with E-state index in [4.69, 9.17) is 4.74 Å². The standard InChI is InChI=1S/C21H26N2O3/c1-21(2,3)20(25)22-15-14-19(24)23(4)17-12-8-9-13-18(17)26-16-10-6-5-7-11-16/h5-13H,14-15H2,1-4H3,(H,22,25). The number of para-hydroxylation sites is 3. The van der Waals surface area contributed by atoms with Gasteiger partial charge in [0.05, 0.1) is 5.69 Å². The Morgan fingerprint density at radius 1 is 1.00 bits per heavy atom. The third-order valence-corrected chi connectivity index (χ3v) is 3.88. The third-order valence-electron chi connectivity index (χ3n) is 3.88. The number of nitrogens with one attached hydrogen (secondary N) is 1. The van der Waals surface area contributed by atoms with Crippen LogP contribution >= 0.6 is 0 Å². The molecule has 1 N–H and O–H groups in total. The number of hydrogen-bond acceptors (Lipinski definition) is 3. The highest BCUT2D eigenvalue weighted by Crippen LogP contribution is 2.31. The van der Waals surface area contributed by atoms with Crippen LogP contribution in [0.25, 0.3) is 0 Å². The van der Waals surface area contributed by atoms with E-state index < -0.39 is 5.41 Å². The fourth-order valence-corrected chi connectivity index (χ4v) is 2.29. The smallest absolute Gasteiger partial charge is 0.228 e. The molecule has 5 heteroatoms. The Kier molecular flexibility index (Phi) is 6.39. The van der Waals surface area contributed by atoms with Gasteiger partial charge in [0, 0.05) is 25.4 Å². The largest absolute Gasteiger partial charge is 0.455 e. The van der Waals surface area contributed by atoms with Crippen LogP contribution < -0.4 is 15.0 Å². The maximum atomic E-state index is 12.5. The van der Waals surface area contributed by atoms with Crippen molar-refractivity contribution < 1.29 is 14.3 Å². The number of ether oxygens (including phenoxy) is 1. The third kappa shape index (κ3) is 5.34. The van der Waals surface area contributed by atoms with E-state index in [1.165, 1.54) is 0 Å². The minimum atomic E-state index is -0.467. The molecule has 0 atom stereocenters. The van der Waals surface area contributed by atoms with Crippen LogP contribution in [0.5, 0.6) is 11.5 Å². The molecule has 0 spiro atoms. The molecule has 0 heterocycles. The lowest BCUT2D eigenvalue weighted by Gasteiger charge is -2.22. The van der Waals surface area contributed by atoms with E-state index in [0.717, 1.165) is 0 Å². The summed E-state index contributed by atoms with van der Waals surface area (Å²) in [6.45, 7) is 5.83. The van der Waals surface area contributed by atoms with Crippen LogP contribution in [-0.2, 0) is 9.59 Å². The monoisotopic (exact) mass is 354 g/mol. The van der Waals surface area contributed by atoms with Crippen LogP contribution in [0.15, 0.2) is 54.6 Å². The molecule has 0 saturated heterocycles. The van der Waals surface area contributed by atoms with Gasteiger partial charge in [-0.3, -0.25) is 9.59 Å². The van der Waals surface area contributed by atoms with Crippen LogP contribution in [0.3, 0.4) is 0 Å². The van der Waals surface area contributed by atoms with Gasteiger partial charge in [-0.05, 0) is 24.3 Å². The van der Waals surface area contributed by atoms with Crippen molar-refractivity contribution in [3.8, 4) is 11.5 Å². The summed E-state index contributed by atoms with van der Waals surface area (Å²) in [7, 11) is 1.71. The van der Waals surface area contributed by atoms with E-state index in [1.807, 2.05) is 75.4 Å². The fourth-order valence-electron chi connectivity index (χ4n) is 2.29. The zero-order valence-electron chi connectivity index (χ0n) is 15.8. The molecule has 0 aliphatic carbocycles. The van der Waals surface area contributed by atoms with Gasteiger partial charge in [0.1, 0.15) is 5.75 Å². The maximum Gasteiger partial charge on any atom is 0.228 e. The first kappa shape index (κ1) is 19.5. The Hall–Kier alpha value is -2.82. The number of carbonyl (C=O) groups is 2. The first-order valence-corrected chi connectivity index (χ1v) is 8.66. The lowest BCUT2D eigenvalue weighted by molar-refractivity contribution is -0.128. The van der Waals surface area contributed by atoms with Crippen molar-refractivity contribution in [2.75, 3.05) is 18.5 Å². The highest BCUT2D eigenvalue weighted by molar-refractivity contribution is 5.94. The summed E-state index contributed by atoms with van der Waals surface area (Å²) in [4.78, 5) is 25.9. The Labute approximate surface area is 155 Å². The molecule has 0 bridgehead atoms. The number of amides is 2. The summed E-state index contributed by atoms with van der Waals surface area (Å²) in [6.07, 6.45) is 0.220. The van der Waals surface area contributed by atoms with Crippen molar-refractivity contribution in [2.45, 2.75) is 27.2 Å². The van der Waals surface area contributed by atoms with Crippen molar-refractivity contribution in [1.82, 2.24) is 5.32 Å². The lowest BCUT2D eigenvalue weighted by Crippen LogP contribution is -2.37. The van der Waals surface area contributed by atoms with Gasteiger partial charge in [-0.15, -0.1) is 0 Å². The second-order valence-corrected chi connectivity index (χ2v) is 7.09. The molecule has 138 valence electrons. The van der Waals surface area contributed by atoms with Gasteiger partial charge in [-0.25, -0.2) is 0 Å². The molecular weight excluding hydrogens is 328 g/mol. The van der Waals surface area contributed by atoms with Gasteiger partial charge in [0.2, 0.25) is 11.8 Å². The van der Waals surface area contributed by atoms with E-state index in [2.05, 4.69) is 5.32 Å². The van der Waals surface area contributed by atoms with E-state index >= 15 is 0 Å². The minimum Gasteiger partial charge on any atom is -0.455 e. The Bertz CT molecular complexity index is 751. The fraction of sp³-hybridized carbons (Fsp3) is 0.333. The van der Waals surface area contributed by atoms with Crippen molar-refractivity contribution in [3.63, 3.8) is 0 Å². The zero-order chi connectivity index (χ0) is 19.2. The Morgan fingerprint density at radius 2 is 1.62 bits per heavy atom. The summed E-state index contributed by atoms with van der Waals surface area (Å²) in [5.74, 6) is 1.15. The van der Waals surface area contributed by atoms with Gasteiger partial charge < -0.3 is 15.0 Å². The number of anilines is 1. The number of benzene rings is 2. The topological polar surface area (TPSA) is 58.6 Å². The predicted molar refractivity (Wildman–Crippen MR) is 103 cm³/mol. The molecule has 0 radical (unpaired) electrons. The number of carbonyl (C=O) groups excluding carboxylic acids is 2. The van der Waals surface area contributed by atoms with Gasteiger partial charge in [0.15, 0.2) is 5.75 Å². The molecule has 0 aliphatic heterocycles. The average Bonchev–Trinajstić information content (AvgIpc) is 2.61. The quantitative estimate of drug-likeness (QED) is 0.853. The highest BCUT2D eigenvalue weighted by atomic mass is 16.5. The second kappa shape index (κ2) is 8.52. The number of rotatable bonds is 6. The van der Waals surface area contributed by atoms with Crippen molar-refractivity contribution >= 4 is 17.5 Å². The van der Waals surface area contributed by atoms with Crippen LogP contribution in [0.2, 0.25) is 0 Å². The maximum absolute atomic E-state index is 12.5. The molecule has 5 nitrogen and oxygen atoms in total. The average molecular weight is 354 g/mol. The first-order valence-electron chi connectivity index (χ1n) is 8.66. The zero-order valence-corrected chi connectivity index (χ0v) is 15.8. The number of hydrogen-bond donors (Lipinski definition) is 1. The number of nitrogens with zero attached hydrogens (tertiary/aromatic N) is 1.